The normalized spacial score (nSPS) is 11.0. The van der Waals surface area contributed by atoms with E-state index in [1.165, 1.54) is 6.40 Å². The van der Waals surface area contributed by atoms with Crippen LogP contribution in [0.4, 0.5) is 4.39 Å². The third-order valence-electron chi connectivity index (χ3n) is 5.81. The summed E-state index contributed by atoms with van der Waals surface area (Å²) in [6.07, 6.45) is 13.6. The summed E-state index contributed by atoms with van der Waals surface area (Å²) in [5.74, 6) is 0.435. The van der Waals surface area contributed by atoms with Crippen molar-refractivity contribution in [1.82, 2.24) is 4.67 Å². The van der Waals surface area contributed by atoms with E-state index < -0.39 is 11.4 Å². The second kappa shape index (κ2) is 15.3. The molecule has 2 rings (SSSR count). The molecule has 0 saturated heterocycles. The molecule has 0 aliphatic carbocycles. The molecule has 1 aromatic heterocycles. The number of halogens is 1. The number of rotatable bonds is 16. The molecule has 2 aromatic rings. The van der Waals surface area contributed by atoms with Gasteiger partial charge in [0.25, 0.3) is 6.21 Å². The Morgan fingerprint density at radius 1 is 1.09 bits per heavy atom. The lowest BCUT2D eigenvalue weighted by atomic mass is 10.0. The molecule has 5 nitrogen and oxygen atoms in total. The van der Waals surface area contributed by atoms with Crippen molar-refractivity contribution in [2.24, 2.45) is 5.92 Å². The summed E-state index contributed by atoms with van der Waals surface area (Å²) in [6.45, 7) is 9.35. The first-order valence-corrected chi connectivity index (χ1v) is 12.8. The first-order valence-electron chi connectivity index (χ1n) is 12.8. The van der Waals surface area contributed by atoms with Crippen molar-refractivity contribution in [2.45, 2.75) is 91.9 Å². The van der Waals surface area contributed by atoms with Gasteiger partial charge in [0.1, 0.15) is 11.3 Å². The van der Waals surface area contributed by atoms with Crippen LogP contribution in [0.2, 0.25) is 0 Å². The predicted molar refractivity (Wildman–Crippen MR) is 139 cm³/mol. The van der Waals surface area contributed by atoms with Gasteiger partial charge in [-0.15, -0.1) is 0 Å². The molecule has 0 unspecified atom stereocenters. The molecule has 0 fully saturated rings. The SMILES string of the molecule is CCCCCc1cc(OCCCCCCOC=[N+]=CCCC(C)C)c2c(C)c(F)c(=O)oc2c1. The lowest BCUT2D eigenvalue weighted by molar-refractivity contribution is 0.289. The number of benzene rings is 1. The highest BCUT2D eigenvalue weighted by atomic mass is 19.1. The van der Waals surface area contributed by atoms with Gasteiger partial charge in [0.2, 0.25) is 5.82 Å². The Balaban J connectivity index is 1.83. The number of fused-ring (bicyclic) bond motifs is 1. The Kier molecular flexibility index (Phi) is 12.5. The van der Waals surface area contributed by atoms with Crippen molar-refractivity contribution in [1.29, 1.82) is 0 Å². The minimum Gasteiger partial charge on any atom is -0.493 e. The van der Waals surface area contributed by atoms with E-state index in [9.17, 15) is 9.18 Å². The van der Waals surface area contributed by atoms with Gasteiger partial charge in [-0.05, 0) is 75.5 Å². The lowest BCUT2D eigenvalue weighted by Gasteiger charge is -2.13. The average Bonchev–Trinajstić information content (AvgIpc) is 2.80. The maximum Gasteiger partial charge on any atom is 0.449 e. The number of ether oxygens (including phenoxy) is 2. The van der Waals surface area contributed by atoms with Crippen LogP contribution in [-0.4, -0.2) is 25.8 Å². The molecule has 6 heteroatoms. The predicted octanol–water partition coefficient (Wildman–Crippen LogP) is 6.53. The van der Waals surface area contributed by atoms with Crippen molar-refractivity contribution in [3.63, 3.8) is 0 Å². The number of unbranched alkanes of at least 4 members (excludes halogenated alkanes) is 5. The maximum atomic E-state index is 14.2. The van der Waals surface area contributed by atoms with E-state index in [1.54, 1.807) is 6.92 Å². The number of nitrogens with zero attached hydrogens (tertiary/aromatic N) is 1. The van der Waals surface area contributed by atoms with Gasteiger partial charge in [0.15, 0.2) is 0 Å². The van der Waals surface area contributed by atoms with E-state index in [-0.39, 0.29) is 5.56 Å². The van der Waals surface area contributed by atoms with Gasteiger partial charge in [-0.2, -0.15) is 4.39 Å². The summed E-state index contributed by atoms with van der Waals surface area (Å²) in [6, 6.07) is 3.81. The molecule has 0 spiro atoms. The first kappa shape index (κ1) is 27.7. The Morgan fingerprint density at radius 2 is 1.85 bits per heavy atom. The second-order valence-corrected chi connectivity index (χ2v) is 9.29. The van der Waals surface area contributed by atoms with E-state index in [0.717, 1.165) is 69.8 Å². The number of aryl methyl sites for hydroxylation is 2. The zero-order chi connectivity index (χ0) is 24.8. The quantitative estimate of drug-likeness (QED) is 0.0912. The first-order chi connectivity index (χ1) is 16.4. The van der Waals surface area contributed by atoms with Crippen LogP contribution in [0.15, 0.2) is 21.3 Å². The minimum atomic E-state index is -0.928. The van der Waals surface area contributed by atoms with Crippen LogP contribution in [0, 0.1) is 18.7 Å². The Labute approximate surface area is 203 Å². The topological polar surface area (TPSA) is 62.8 Å². The zero-order valence-corrected chi connectivity index (χ0v) is 21.3. The van der Waals surface area contributed by atoms with Gasteiger partial charge >= 0.3 is 12.0 Å². The van der Waals surface area contributed by atoms with Crippen LogP contribution in [0.5, 0.6) is 5.75 Å². The van der Waals surface area contributed by atoms with E-state index in [0.29, 0.717) is 35.9 Å². The third-order valence-corrected chi connectivity index (χ3v) is 5.81. The molecule has 0 bridgehead atoms. The Hall–Kier alpha value is -2.59. The van der Waals surface area contributed by atoms with Crippen LogP contribution in [-0.2, 0) is 11.2 Å². The summed E-state index contributed by atoms with van der Waals surface area (Å²) >= 11 is 0. The molecule has 0 atom stereocenters. The molecular weight excluding hydrogens is 433 g/mol. The molecule has 1 aromatic carbocycles. The fourth-order valence-electron chi connectivity index (χ4n) is 3.78. The molecule has 0 aliphatic rings. The van der Waals surface area contributed by atoms with Crippen molar-refractivity contribution < 1.29 is 18.3 Å². The highest BCUT2D eigenvalue weighted by molar-refractivity contribution is 5.87. The van der Waals surface area contributed by atoms with Crippen molar-refractivity contribution in [3.05, 3.63) is 39.5 Å². The molecule has 188 valence electrons. The molecule has 1 heterocycles. The van der Waals surface area contributed by atoms with E-state index >= 15 is 0 Å². The monoisotopic (exact) mass is 474 g/mol. The van der Waals surface area contributed by atoms with Gasteiger partial charge in [-0.3, -0.25) is 0 Å². The molecule has 0 aliphatic heterocycles. The van der Waals surface area contributed by atoms with Crippen LogP contribution in [0.25, 0.3) is 11.0 Å². The standard InChI is InChI=1S/C28H41FNO4/c1-5-6-9-14-23-18-24(26-22(4)27(29)28(31)34-25(26)19-23)33-17-11-8-7-10-16-32-20-30-15-12-13-21(2)3/h15,18-21H,5-14,16-17H2,1-4H3/q+1. The highest BCUT2D eigenvalue weighted by Crippen LogP contribution is 2.31. The molecule has 0 N–H and O–H groups in total. The van der Waals surface area contributed by atoms with Gasteiger partial charge in [-0.25, -0.2) is 4.79 Å². The number of hydrogen-bond acceptors (Lipinski definition) is 4. The minimum absolute atomic E-state index is 0.279. The maximum absolute atomic E-state index is 14.2. The second-order valence-electron chi connectivity index (χ2n) is 9.29. The van der Waals surface area contributed by atoms with Gasteiger partial charge in [-0.1, -0.05) is 38.3 Å². The van der Waals surface area contributed by atoms with E-state index in [4.69, 9.17) is 13.9 Å². The summed E-state index contributed by atoms with van der Waals surface area (Å²) in [5.41, 5.74) is 0.794. The largest absolute Gasteiger partial charge is 0.493 e. The Morgan fingerprint density at radius 3 is 2.59 bits per heavy atom. The third kappa shape index (κ3) is 9.34. The van der Waals surface area contributed by atoms with Crippen molar-refractivity contribution >= 4 is 23.6 Å². The van der Waals surface area contributed by atoms with Gasteiger partial charge in [0.05, 0.1) is 18.6 Å². The van der Waals surface area contributed by atoms with Crippen LogP contribution < -0.4 is 15.0 Å². The molecule has 0 radical (unpaired) electrons. The Bertz CT molecular complexity index is 1010. The van der Waals surface area contributed by atoms with Crippen LogP contribution in [0.3, 0.4) is 0 Å². The summed E-state index contributed by atoms with van der Waals surface area (Å²) in [5, 5.41) is 0.550. The number of hydrogen-bond donors (Lipinski definition) is 0. The van der Waals surface area contributed by atoms with Crippen molar-refractivity contribution in [3.8, 4) is 5.75 Å². The molecule has 0 amide bonds. The smallest absolute Gasteiger partial charge is 0.449 e. The molecule has 34 heavy (non-hydrogen) atoms. The molecule has 0 saturated carbocycles. The van der Waals surface area contributed by atoms with E-state index in [1.807, 2.05) is 18.3 Å². The summed E-state index contributed by atoms with van der Waals surface area (Å²) < 4.78 is 35.1. The van der Waals surface area contributed by atoms with Crippen molar-refractivity contribution in [2.75, 3.05) is 13.2 Å². The fraction of sp³-hybridized carbons (Fsp3) is 0.607. The average molecular weight is 475 g/mol. The van der Waals surface area contributed by atoms with Crippen LogP contribution in [0.1, 0.15) is 89.7 Å². The molecular formula is C28H41FNO4+. The summed E-state index contributed by atoms with van der Waals surface area (Å²) in [4.78, 5) is 11.8. The van der Waals surface area contributed by atoms with Crippen LogP contribution >= 0.6 is 0 Å². The van der Waals surface area contributed by atoms with E-state index in [2.05, 4.69) is 25.4 Å². The lowest BCUT2D eigenvalue weighted by Crippen LogP contribution is -2.09. The summed E-state index contributed by atoms with van der Waals surface area (Å²) in [7, 11) is 0. The zero-order valence-electron chi connectivity index (χ0n) is 21.3. The fourth-order valence-corrected chi connectivity index (χ4v) is 3.78. The van der Waals surface area contributed by atoms with Gasteiger partial charge < -0.3 is 13.9 Å². The van der Waals surface area contributed by atoms with Gasteiger partial charge in [0, 0.05) is 12.0 Å². The highest BCUT2D eigenvalue weighted by Gasteiger charge is 2.16.